The van der Waals surface area contributed by atoms with Gasteiger partial charge in [0.25, 0.3) is 0 Å². The molecule has 0 radical (unpaired) electrons. The molecule has 0 fully saturated rings. The van der Waals surface area contributed by atoms with Gasteiger partial charge in [-0.25, -0.2) is 0 Å². The van der Waals surface area contributed by atoms with Crippen LogP contribution < -0.4 is 5.32 Å². The van der Waals surface area contributed by atoms with E-state index in [0.717, 1.165) is 27.1 Å². The summed E-state index contributed by atoms with van der Waals surface area (Å²) in [5.41, 5.74) is 3.11. The number of hydrogen-bond donors (Lipinski definition) is 1. The van der Waals surface area contributed by atoms with Gasteiger partial charge in [-0.15, -0.1) is 10.2 Å². The van der Waals surface area contributed by atoms with Gasteiger partial charge < -0.3 is 5.32 Å². The molecule has 1 aromatic heterocycles. The maximum Gasteiger partial charge on any atom is 0.230 e. The van der Waals surface area contributed by atoms with E-state index >= 15 is 0 Å². The van der Waals surface area contributed by atoms with Gasteiger partial charge in [-0.2, -0.15) is 0 Å². The van der Waals surface area contributed by atoms with Gasteiger partial charge in [0, 0.05) is 22.9 Å². The Balaban J connectivity index is 1.44. The van der Waals surface area contributed by atoms with Crippen LogP contribution in [0.15, 0.2) is 90.0 Å². The summed E-state index contributed by atoms with van der Waals surface area (Å²) in [7, 11) is 0. The van der Waals surface area contributed by atoms with Crippen molar-refractivity contribution in [2.45, 2.75) is 17.9 Å². The van der Waals surface area contributed by atoms with Gasteiger partial charge >= 0.3 is 0 Å². The molecule has 4 aromatic rings. The zero-order valence-electron chi connectivity index (χ0n) is 16.8. The summed E-state index contributed by atoms with van der Waals surface area (Å²) in [6.45, 7) is 2.73. The maximum absolute atomic E-state index is 12.4. The van der Waals surface area contributed by atoms with E-state index in [9.17, 15) is 4.79 Å². The van der Waals surface area contributed by atoms with Crippen LogP contribution in [0.5, 0.6) is 0 Å². The average Bonchev–Trinajstić information content (AvgIpc) is 2.82. The van der Waals surface area contributed by atoms with Crippen LogP contribution in [0, 0.1) is 0 Å². The molecule has 1 amide bonds. The average molecular weight is 414 g/mol. The zero-order valence-corrected chi connectivity index (χ0v) is 17.6. The van der Waals surface area contributed by atoms with Crippen LogP contribution in [0.3, 0.4) is 0 Å². The Morgan fingerprint density at radius 2 is 1.50 bits per heavy atom. The number of aromatic nitrogens is 2. The molecule has 30 heavy (non-hydrogen) atoms. The molecular formula is C25H23N3OS. The van der Waals surface area contributed by atoms with Gasteiger partial charge in [0.05, 0.1) is 5.75 Å². The highest BCUT2D eigenvalue weighted by molar-refractivity contribution is 8.00. The third-order valence-corrected chi connectivity index (χ3v) is 6.00. The minimum absolute atomic E-state index is 0.000739. The molecule has 150 valence electrons. The normalized spacial score (nSPS) is 11.9. The number of nitrogens with one attached hydrogen (secondary N) is 1. The lowest BCUT2D eigenvalue weighted by atomic mass is 10.0. The summed E-state index contributed by atoms with van der Waals surface area (Å²) < 4.78 is 0. The van der Waals surface area contributed by atoms with Gasteiger partial charge in [0.2, 0.25) is 5.91 Å². The van der Waals surface area contributed by atoms with Crippen molar-refractivity contribution in [1.82, 2.24) is 15.5 Å². The molecule has 0 aliphatic rings. The molecule has 0 spiro atoms. The maximum atomic E-state index is 12.4. The molecule has 1 heterocycles. The number of nitrogens with zero attached hydrogens (tertiary/aromatic N) is 2. The van der Waals surface area contributed by atoms with Gasteiger partial charge in [-0.3, -0.25) is 4.79 Å². The Hall–Kier alpha value is -3.18. The third-order valence-electron chi connectivity index (χ3n) is 5.01. The number of rotatable bonds is 7. The van der Waals surface area contributed by atoms with Crippen LogP contribution in [0.2, 0.25) is 0 Å². The second-order valence-electron chi connectivity index (χ2n) is 7.17. The smallest absolute Gasteiger partial charge is 0.230 e. The van der Waals surface area contributed by atoms with Crippen molar-refractivity contribution in [3.63, 3.8) is 0 Å². The molecule has 0 saturated heterocycles. The zero-order chi connectivity index (χ0) is 20.8. The first-order chi connectivity index (χ1) is 14.7. The largest absolute Gasteiger partial charge is 0.355 e. The second kappa shape index (κ2) is 9.55. The van der Waals surface area contributed by atoms with Crippen molar-refractivity contribution >= 4 is 28.4 Å². The van der Waals surface area contributed by atoms with Crippen LogP contribution >= 0.6 is 11.8 Å². The Kier molecular flexibility index (Phi) is 6.40. The van der Waals surface area contributed by atoms with Crippen LogP contribution in [0.1, 0.15) is 18.4 Å². The predicted molar refractivity (Wildman–Crippen MR) is 124 cm³/mol. The molecule has 4 rings (SSSR count). The molecule has 0 saturated carbocycles. The molecule has 4 nitrogen and oxygen atoms in total. The fourth-order valence-corrected chi connectivity index (χ4v) is 4.15. The first-order valence-corrected chi connectivity index (χ1v) is 11.0. The lowest BCUT2D eigenvalue weighted by molar-refractivity contribution is -0.118. The van der Waals surface area contributed by atoms with Crippen molar-refractivity contribution in [2.24, 2.45) is 0 Å². The first kappa shape index (κ1) is 20.1. The van der Waals surface area contributed by atoms with E-state index in [1.165, 1.54) is 17.3 Å². The van der Waals surface area contributed by atoms with E-state index in [4.69, 9.17) is 0 Å². The number of carbonyl (C=O) groups excluding carboxylic acids is 1. The quantitative estimate of drug-likeness (QED) is 0.417. The first-order valence-electron chi connectivity index (χ1n) is 9.97. The van der Waals surface area contributed by atoms with Crippen molar-refractivity contribution < 1.29 is 4.79 Å². The highest BCUT2D eigenvalue weighted by atomic mass is 32.2. The Labute approximate surface area is 180 Å². The minimum atomic E-state index is 0.000739. The number of amides is 1. The van der Waals surface area contributed by atoms with Crippen LogP contribution in [0.25, 0.3) is 22.0 Å². The second-order valence-corrected chi connectivity index (χ2v) is 8.13. The number of benzene rings is 3. The lowest BCUT2D eigenvalue weighted by Gasteiger charge is -2.13. The molecule has 5 heteroatoms. The van der Waals surface area contributed by atoms with Crippen LogP contribution in [0.4, 0.5) is 0 Å². The topological polar surface area (TPSA) is 54.9 Å². The molecular weight excluding hydrogens is 390 g/mol. The summed E-state index contributed by atoms with van der Waals surface area (Å²) in [4.78, 5) is 12.4. The van der Waals surface area contributed by atoms with Crippen LogP contribution in [-0.2, 0) is 4.79 Å². The lowest BCUT2D eigenvalue weighted by Crippen LogP contribution is -2.29. The minimum Gasteiger partial charge on any atom is -0.355 e. The SMILES string of the molecule is C[C@H](CNC(=O)CSc1nnc(-c2ccccc2)c2ccccc12)c1ccccc1. The van der Waals surface area contributed by atoms with Crippen molar-refractivity contribution in [1.29, 1.82) is 0 Å². The number of carbonyl (C=O) groups is 1. The fourth-order valence-electron chi connectivity index (χ4n) is 3.35. The van der Waals surface area contributed by atoms with Crippen molar-refractivity contribution in [3.05, 3.63) is 90.5 Å². The van der Waals surface area contributed by atoms with E-state index in [1.54, 1.807) is 0 Å². The Bertz CT molecular complexity index is 1130. The number of fused-ring (bicyclic) bond motifs is 1. The summed E-state index contributed by atoms with van der Waals surface area (Å²) in [5.74, 6) is 0.581. The molecule has 0 aliphatic carbocycles. The summed E-state index contributed by atoms with van der Waals surface area (Å²) in [6, 6.07) is 28.3. The van der Waals surface area contributed by atoms with E-state index in [-0.39, 0.29) is 11.8 Å². The van der Waals surface area contributed by atoms with Gasteiger partial charge in [0.1, 0.15) is 10.7 Å². The third kappa shape index (κ3) is 4.69. The van der Waals surface area contributed by atoms with E-state index < -0.39 is 0 Å². The molecule has 3 aromatic carbocycles. The van der Waals surface area contributed by atoms with Crippen molar-refractivity contribution in [3.8, 4) is 11.3 Å². The highest BCUT2D eigenvalue weighted by Crippen LogP contribution is 2.31. The van der Waals surface area contributed by atoms with E-state index in [2.05, 4.69) is 40.6 Å². The Morgan fingerprint density at radius 3 is 2.23 bits per heavy atom. The highest BCUT2D eigenvalue weighted by Gasteiger charge is 2.13. The van der Waals surface area contributed by atoms with E-state index in [1.807, 2.05) is 66.7 Å². The van der Waals surface area contributed by atoms with E-state index in [0.29, 0.717) is 12.3 Å². The summed E-state index contributed by atoms with van der Waals surface area (Å²) in [5, 5.41) is 14.8. The van der Waals surface area contributed by atoms with Gasteiger partial charge in [0.15, 0.2) is 0 Å². The predicted octanol–water partition coefficient (Wildman–Crippen LogP) is 5.31. The van der Waals surface area contributed by atoms with Crippen LogP contribution in [-0.4, -0.2) is 28.4 Å². The van der Waals surface area contributed by atoms with Gasteiger partial charge in [-0.05, 0) is 11.5 Å². The summed E-state index contributed by atoms with van der Waals surface area (Å²) >= 11 is 1.42. The number of thioether (sulfide) groups is 1. The standard InChI is InChI=1S/C25H23N3OS/c1-18(19-10-4-2-5-11-19)16-26-23(29)17-30-25-22-15-9-8-14-21(22)24(27-28-25)20-12-6-3-7-13-20/h2-15,18H,16-17H2,1H3,(H,26,29)/t18-/m1/s1. The molecule has 1 N–H and O–H groups in total. The van der Waals surface area contributed by atoms with Gasteiger partial charge in [-0.1, -0.05) is 104 Å². The summed E-state index contributed by atoms with van der Waals surface area (Å²) in [6.07, 6.45) is 0. The molecule has 0 bridgehead atoms. The fraction of sp³-hybridized carbons (Fsp3) is 0.160. The monoisotopic (exact) mass is 413 g/mol. The molecule has 1 atom stereocenters. The van der Waals surface area contributed by atoms with Crippen molar-refractivity contribution in [2.75, 3.05) is 12.3 Å². The molecule has 0 unspecified atom stereocenters. The number of hydrogen-bond acceptors (Lipinski definition) is 4. The Morgan fingerprint density at radius 1 is 0.867 bits per heavy atom. The molecule has 0 aliphatic heterocycles.